The molecule has 2 saturated heterocycles. The summed E-state index contributed by atoms with van der Waals surface area (Å²) >= 11 is 0. The van der Waals surface area contributed by atoms with Crippen molar-refractivity contribution < 1.29 is 19.0 Å². The van der Waals surface area contributed by atoms with Crippen molar-refractivity contribution in [1.82, 2.24) is 10.2 Å². The quantitative estimate of drug-likeness (QED) is 0.856. The van der Waals surface area contributed by atoms with Crippen LogP contribution in [0.15, 0.2) is 24.3 Å². The predicted molar refractivity (Wildman–Crippen MR) is 92.7 cm³/mol. The zero-order valence-electron chi connectivity index (χ0n) is 14.5. The summed E-state index contributed by atoms with van der Waals surface area (Å²) in [7, 11) is 0. The largest absolute Gasteiger partial charge is 0.480 e. The molecule has 4 rings (SSSR count). The van der Waals surface area contributed by atoms with Crippen molar-refractivity contribution in [3.05, 3.63) is 29.8 Å². The van der Waals surface area contributed by atoms with E-state index in [2.05, 4.69) is 10.2 Å². The summed E-state index contributed by atoms with van der Waals surface area (Å²) in [6, 6.07) is 8.17. The number of fused-ring (bicyclic) bond motifs is 1. The molecule has 0 saturated carbocycles. The van der Waals surface area contributed by atoms with Crippen molar-refractivity contribution in [2.45, 2.75) is 25.0 Å². The van der Waals surface area contributed by atoms with Gasteiger partial charge in [0.05, 0.1) is 19.8 Å². The Bertz CT molecular complexity index is 572. The van der Waals surface area contributed by atoms with E-state index in [1.807, 2.05) is 24.3 Å². The molecule has 1 N–H and O–H groups in total. The minimum absolute atomic E-state index is 0.0200. The molecule has 2 fully saturated rings. The number of nitrogens with one attached hydrogen (secondary N) is 1. The van der Waals surface area contributed by atoms with Crippen LogP contribution in [0.2, 0.25) is 0 Å². The Labute approximate surface area is 148 Å². The Balaban J connectivity index is 1.35. The highest BCUT2D eigenvalue weighted by atomic mass is 16.5. The monoisotopic (exact) mass is 346 g/mol. The Kier molecular flexibility index (Phi) is 5.20. The smallest absolute Gasteiger partial charge is 0.261 e. The van der Waals surface area contributed by atoms with Crippen LogP contribution >= 0.6 is 0 Å². The summed E-state index contributed by atoms with van der Waals surface area (Å²) < 4.78 is 16.9. The highest BCUT2D eigenvalue weighted by Gasteiger charge is 2.34. The van der Waals surface area contributed by atoms with Gasteiger partial charge in [0.2, 0.25) is 0 Å². The Morgan fingerprint density at radius 3 is 2.80 bits per heavy atom. The number of para-hydroxylation sites is 1. The molecule has 0 bridgehead atoms. The van der Waals surface area contributed by atoms with Gasteiger partial charge in [0.1, 0.15) is 5.75 Å². The van der Waals surface area contributed by atoms with Crippen molar-refractivity contribution in [3.63, 3.8) is 0 Å². The fraction of sp³-hybridized carbons (Fsp3) is 0.632. The molecule has 1 amide bonds. The van der Waals surface area contributed by atoms with Crippen LogP contribution in [0.4, 0.5) is 0 Å². The van der Waals surface area contributed by atoms with Gasteiger partial charge in [-0.05, 0) is 18.1 Å². The van der Waals surface area contributed by atoms with E-state index in [-0.39, 0.29) is 5.91 Å². The van der Waals surface area contributed by atoms with E-state index in [1.54, 1.807) is 0 Å². The van der Waals surface area contributed by atoms with Crippen molar-refractivity contribution >= 4 is 5.91 Å². The first-order valence-corrected chi connectivity index (χ1v) is 9.23. The lowest BCUT2D eigenvalue weighted by atomic mass is 9.96. The normalized spacial score (nSPS) is 27.5. The fourth-order valence-electron chi connectivity index (χ4n) is 4.01. The minimum atomic E-state index is -0.414. The Hall–Kier alpha value is -1.63. The number of morpholine rings is 1. The van der Waals surface area contributed by atoms with Gasteiger partial charge in [-0.25, -0.2) is 0 Å². The summed E-state index contributed by atoms with van der Waals surface area (Å²) in [5.41, 5.74) is 1.11. The molecule has 3 heterocycles. The summed E-state index contributed by atoms with van der Waals surface area (Å²) in [5, 5.41) is 3.13. The first-order valence-electron chi connectivity index (χ1n) is 9.23. The Morgan fingerprint density at radius 2 is 2.04 bits per heavy atom. The topological polar surface area (TPSA) is 60.0 Å². The van der Waals surface area contributed by atoms with Crippen LogP contribution in [-0.4, -0.2) is 69.0 Å². The number of carbonyl (C=O) groups is 1. The van der Waals surface area contributed by atoms with E-state index in [9.17, 15) is 4.79 Å². The van der Waals surface area contributed by atoms with Gasteiger partial charge in [-0.2, -0.15) is 0 Å². The lowest BCUT2D eigenvalue weighted by molar-refractivity contribution is -0.127. The summed E-state index contributed by atoms with van der Waals surface area (Å²) in [6.07, 6.45) is 1.29. The lowest BCUT2D eigenvalue weighted by Crippen LogP contribution is -2.53. The molecule has 6 nitrogen and oxygen atoms in total. The van der Waals surface area contributed by atoms with Crippen molar-refractivity contribution in [1.29, 1.82) is 0 Å². The van der Waals surface area contributed by atoms with Gasteiger partial charge < -0.3 is 19.5 Å². The summed E-state index contributed by atoms with van der Waals surface area (Å²) in [6.45, 7) is 5.61. The number of hydrogen-bond donors (Lipinski definition) is 1. The van der Waals surface area contributed by atoms with Crippen LogP contribution in [0.25, 0.3) is 0 Å². The SMILES string of the molecule is O=C(NC[C@H]([C@@H]1CCOC1)N1CCOCC1)[C@H]1Cc2ccccc2O1. The molecule has 1 aromatic carbocycles. The zero-order valence-corrected chi connectivity index (χ0v) is 14.5. The van der Waals surface area contributed by atoms with Gasteiger partial charge >= 0.3 is 0 Å². The maximum atomic E-state index is 12.6. The molecule has 0 spiro atoms. The van der Waals surface area contributed by atoms with Gasteiger partial charge in [0.25, 0.3) is 5.91 Å². The number of carbonyl (C=O) groups excluding carboxylic acids is 1. The maximum absolute atomic E-state index is 12.6. The summed E-state index contributed by atoms with van der Waals surface area (Å²) in [4.78, 5) is 15.0. The highest BCUT2D eigenvalue weighted by molar-refractivity contribution is 5.82. The van der Waals surface area contributed by atoms with Crippen LogP contribution in [0, 0.1) is 5.92 Å². The third-order valence-corrected chi connectivity index (χ3v) is 5.45. The van der Waals surface area contributed by atoms with Crippen LogP contribution < -0.4 is 10.1 Å². The molecule has 3 atom stereocenters. The average molecular weight is 346 g/mol. The van der Waals surface area contributed by atoms with Gasteiger partial charge in [-0.3, -0.25) is 9.69 Å². The van der Waals surface area contributed by atoms with Crippen molar-refractivity contribution in [2.24, 2.45) is 5.92 Å². The van der Waals surface area contributed by atoms with Crippen molar-refractivity contribution in [3.8, 4) is 5.75 Å². The molecule has 0 aromatic heterocycles. The fourth-order valence-corrected chi connectivity index (χ4v) is 4.01. The van der Waals surface area contributed by atoms with Crippen LogP contribution in [0.5, 0.6) is 5.75 Å². The number of hydrogen-bond acceptors (Lipinski definition) is 5. The molecule has 136 valence electrons. The van der Waals surface area contributed by atoms with Crippen molar-refractivity contribution in [2.75, 3.05) is 46.1 Å². The molecule has 0 aliphatic carbocycles. The van der Waals surface area contributed by atoms with Gasteiger partial charge in [0, 0.05) is 44.6 Å². The number of ether oxygens (including phenoxy) is 3. The number of amides is 1. The van der Waals surface area contributed by atoms with E-state index in [4.69, 9.17) is 14.2 Å². The third-order valence-electron chi connectivity index (χ3n) is 5.45. The van der Waals surface area contributed by atoms with Gasteiger partial charge in [-0.15, -0.1) is 0 Å². The van der Waals surface area contributed by atoms with E-state index in [0.717, 1.165) is 57.3 Å². The molecular formula is C19H26N2O4. The standard InChI is InChI=1S/C19H26N2O4/c22-19(18-11-14-3-1-2-4-17(14)25-18)20-12-16(15-5-8-24-13-15)21-6-9-23-10-7-21/h1-4,15-16,18H,5-13H2,(H,20,22)/t15-,16-,18-/m1/s1. The average Bonchev–Trinajstić information content (AvgIpc) is 3.32. The summed E-state index contributed by atoms with van der Waals surface area (Å²) in [5.74, 6) is 1.28. The van der Waals surface area contributed by atoms with Crippen LogP contribution in [0.1, 0.15) is 12.0 Å². The number of rotatable bonds is 5. The molecule has 0 unspecified atom stereocenters. The number of benzene rings is 1. The van der Waals surface area contributed by atoms with Gasteiger partial charge in [-0.1, -0.05) is 18.2 Å². The minimum Gasteiger partial charge on any atom is -0.480 e. The Morgan fingerprint density at radius 1 is 1.20 bits per heavy atom. The van der Waals surface area contributed by atoms with E-state index in [0.29, 0.717) is 24.9 Å². The van der Waals surface area contributed by atoms with E-state index >= 15 is 0 Å². The third kappa shape index (κ3) is 3.81. The van der Waals surface area contributed by atoms with E-state index < -0.39 is 6.10 Å². The molecular weight excluding hydrogens is 320 g/mol. The molecule has 0 radical (unpaired) electrons. The van der Waals surface area contributed by atoms with E-state index in [1.165, 1.54) is 0 Å². The second-order valence-electron chi connectivity index (χ2n) is 7.00. The molecule has 1 aromatic rings. The number of nitrogens with zero attached hydrogens (tertiary/aromatic N) is 1. The first-order chi connectivity index (χ1) is 12.3. The molecule has 3 aliphatic heterocycles. The predicted octanol–water partition coefficient (Wildman–Crippen LogP) is 0.844. The molecule has 25 heavy (non-hydrogen) atoms. The maximum Gasteiger partial charge on any atom is 0.261 e. The van der Waals surface area contributed by atoms with Crippen LogP contribution in [0.3, 0.4) is 0 Å². The molecule has 3 aliphatic rings. The highest BCUT2D eigenvalue weighted by Crippen LogP contribution is 2.28. The second kappa shape index (κ2) is 7.72. The molecule has 6 heteroatoms. The van der Waals surface area contributed by atoms with Crippen LogP contribution in [-0.2, 0) is 20.7 Å². The van der Waals surface area contributed by atoms with Gasteiger partial charge in [0.15, 0.2) is 6.10 Å². The second-order valence-corrected chi connectivity index (χ2v) is 7.00. The first kappa shape index (κ1) is 16.8. The lowest BCUT2D eigenvalue weighted by Gasteiger charge is -2.37. The zero-order chi connectivity index (χ0) is 17.1.